The Morgan fingerprint density at radius 3 is 1.34 bits per heavy atom. The molecule has 0 rings (SSSR count). The number of hydrogen-bond donors (Lipinski definition) is 5. The fourth-order valence-corrected chi connectivity index (χ4v) is 5.82. The van der Waals surface area contributed by atoms with Crippen molar-refractivity contribution in [3.63, 3.8) is 0 Å². The standard InChI is InChI=1S/C41H77NO5/c1-3-5-7-9-11-13-15-17-19-21-22-24-26-28-30-32-34-38(44)40(46)37(36-43)42-41(47)39(45)35-33-31-29-27-25-23-20-18-16-14-12-10-8-6-4-2/h19-21,23,26,28,37-40,43-46H,3-18,22,24-25,27,29-36H2,1-2H3,(H,42,47)/b21-19+,23-20-,28-26+. The Bertz CT molecular complexity index is 752. The molecule has 0 aromatic heterocycles. The van der Waals surface area contributed by atoms with Gasteiger partial charge in [-0.15, -0.1) is 0 Å². The third-order valence-corrected chi connectivity index (χ3v) is 9.05. The lowest BCUT2D eigenvalue weighted by atomic mass is 10.00. The molecule has 0 spiro atoms. The second-order valence-electron chi connectivity index (χ2n) is 13.6. The van der Waals surface area contributed by atoms with Gasteiger partial charge in [0.05, 0.1) is 18.8 Å². The fraction of sp³-hybridized carbons (Fsp3) is 0.829. The Labute approximate surface area is 290 Å². The molecule has 276 valence electrons. The number of aliphatic hydroxyl groups excluding tert-OH is 4. The van der Waals surface area contributed by atoms with E-state index in [1.54, 1.807) is 0 Å². The normalized spacial score (nSPS) is 14.8. The van der Waals surface area contributed by atoms with Gasteiger partial charge >= 0.3 is 0 Å². The summed E-state index contributed by atoms with van der Waals surface area (Å²) in [4.78, 5) is 12.4. The Balaban J connectivity index is 3.89. The molecule has 0 aliphatic rings. The van der Waals surface area contributed by atoms with Crippen molar-refractivity contribution in [2.24, 2.45) is 0 Å². The van der Waals surface area contributed by atoms with Crippen LogP contribution in [0.5, 0.6) is 0 Å². The summed E-state index contributed by atoms with van der Waals surface area (Å²) < 4.78 is 0. The molecule has 0 aromatic rings. The summed E-state index contributed by atoms with van der Waals surface area (Å²) in [5.41, 5.74) is 0. The molecule has 4 unspecified atom stereocenters. The highest BCUT2D eigenvalue weighted by atomic mass is 16.3. The Kier molecular flexibility index (Phi) is 34.7. The van der Waals surface area contributed by atoms with Crippen LogP contribution in [0.2, 0.25) is 0 Å². The van der Waals surface area contributed by atoms with Crippen molar-refractivity contribution in [3.05, 3.63) is 36.5 Å². The molecule has 6 heteroatoms. The molecule has 4 atom stereocenters. The van der Waals surface area contributed by atoms with Gasteiger partial charge in [-0.25, -0.2) is 0 Å². The van der Waals surface area contributed by atoms with Gasteiger partial charge in [0.25, 0.3) is 0 Å². The zero-order valence-corrected chi connectivity index (χ0v) is 30.8. The summed E-state index contributed by atoms with van der Waals surface area (Å²) in [5.74, 6) is -0.608. The van der Waals surface area contributed by atoms with E-state index in [-0.39, 0.29) is 0 Å². The Morgan fingerprint density at radius 2 is 0.894 bits per heavy atom. The minimum Gasteiger partial charge on any atom is -0.394 e. The summed E-state index contributed by atoms with van der Waals surface area (Å²) in [6, 6.07) is -1.01. The van der Waals surface area contributed by atoms with Gasteiger partial charge in [-0.05, 0) is 77.0 Å². The molecule has 1 amide bonds. The van der Waals surface area contributed by atoms with Crippen LogP contribution in [0, 0.1) is 0 Å². The van der Waals surface area contributed by atoms with Gasteiger partial charge in [-0.2, -0.15) is 0 Å². The topological polar surface area (TPSA) is 110 Å². The minimum absolute atomic E-state index is 0.345. The maximum atomic E-state index is 12.4. The molecule has 47 heavy (non-hydrogen) atoms. The van der Waals surface area contributed by atoms with E-state index in [0.29, 0.717) is 19.3 Å². The Morgan fingerprint density at radius 1 is 0.511 bits per heavy atom. The van der Waals surface area contributed by atoms with Crippen LogP contribution in [0.3, 0.4) is 0 Å². The number of unbranched alkanes of at least 4 members (excludes halogenated alkanes) is 20. The first kappa shape index (κ1) is 45.5. The van der Waals surface area contributed by atoms with Gasteiger partial charge < -0.3 is 25.7 Å². The molecule has 0 aromatic carbocycles. The highest BCUT2D eigenvalue weighted by molar-refractivity contribution is 5.80. The molecule has 0 aliphatic carbocycles. The molecule has 0 saturated heterocycles. The zero-order valence-electron chi connectivity index (χ0n) is 30.8. The second-order valence-corrected chi connectivity index (χ2v) is 13.6. The second kappa shape index (κ2) is 35.8. The number of aliphatic hydroxyl groups is 4. The first-order valence-corrected chi connectivity index (χ1v) is 19.9. The largest absolute Gasteiger partial charge is 0.394 e. The van der Waals surface area contributed by atoms with Gasteiger partial charge in [0.1, 0.15) is 12.2 Å². The maximum Gasteiger partial charge on any atom is 0.249 e. The van der Waals surface area contributed by atoms with Crippen molar-refractivity contribution in [3.8, 4) is 0 Å². The van der Waals surface area contributed by atoms with Gasteiger partial charge in [0, 0.05) is 0 Å². The van der Waals surface area contributed by atoms with Gasteiger partial charge in [0.15, 0.2) is 0 Å². The molecule has 0 fully saturated rings. The van der Waals surface area contributed by atoms with Crippen molar-refractivity contribution < 1.29 is 25.2 Å². The number of hydrogen-bond acceptors (Lipinski definition) is 5. The first-order chi connectivity index (χ1) is 23.0. The summed E-state index contributed by atoms with van der Waals surface area (Å²) >= 11 is 0. The van der Waals surface area contributed by atoms with Crippen molar-refractivity contribution >= 4 is 5.91 Å². The molecule has 0 bridgehead atoms. The summed E-state index contributed by atoms with van der Waals surface area (Å²) in [7, 11) is 0. The van der Waals surface area contributed by atoms with E-state index in [4.69, 9.17) is 0 Å². The first-order valence-electron chi connectivity index (χ1n) is 19.9. The number of nitrogens with one attached hydrogen (secondary N) is 1. The Hall–Kier alpha value is -1.47. The summed E-state index contributed by atoms with van der Waals surface area (Å²) in [6.07, 6.45) is 40.2. The van der Waals surface area contributed by atoms with Crippen LogP contribution in [0.25, 0.3) is 0 Å². The zero-order chi connectivity index (χ0) is 34.6. The molecule has 5 N–H and O–H groups in total. The number of amides is 1. The van der Waals surface area contributed by atoms with Crippen LogP contribution in [0.1, 0.15) is 187 Å². The van der Waals surface area contributed by atoms with Gasteiger partial charge in [-0.1, -0.05) is 147 Å². The third-order valence-electron chi connectivity index (χ3n) is 9.05. The average Bonchev–Trinajstić information content (AvgIpc) is 3.07. The van der Waals surface area contributed by atoms with Crippen molar-refractivity contribution in [1.29, 1.82) is 0 Å². The maximum absolute atomic E-state index is 12.4. The third kappa shape index (κ3) is 30.3. The van der Waals surface area contributed by atoms with E-state index < -0.39 is 36.9 Å². The van der Waals surface area contributed by atoms with E-state index in [2.05, 4.69) is 55.6 Å². The lowest BCUT2D eigenvalue weighted by molar-refractivity contribution is -0.132. The molecular formula is C41H77NO5. The molecule has 0 saturated carbocycles. The van der Waals surface area contributed by atoms with Crippen LogP contribution >= 0.6 is 0 Å². The van der Waals surface area contributed by atoms with Gasteiger partial charge in [-0.3, -0.25) is 4.79 Å². The SMILES string of the molecule is CCCCCCCCC/C=C\CCCCCCC(O)C(=O)NC(CO)C(O)C(O)CCC/C=C/CC/C=C/CCCCCCCCC. The predicted octanol–water partition coefficient (Wildman–Crippen LogP) is 9.79. The summed E-state index contributed by atoms with van der Waals surface area (Å²) in [6.45, 7) is 4.00. The van der Waals surface area contributed by atoms with E-state index >= 15 is 0 Å². The van der Waals surface area contributed by atoms with Crippen LogP contribution in [0.4, 0.5) is 0 Å². The molecule has 0 aliphatic heterocycles. The van der Waals surface area contributed by atoms with E-state index in [9.17, 15) is 25.2 Å². The van der Waals surface area contributed by atoms with Crippen LogP contribution in [-0.2, 0) is 4.79 Å². The van der Waals surface area contributed by atoms with E-state index in [1.807, 2.05) is 0 Å². The molecular weight excluding hydrogens is 586 g/mol. The number of allylic oxidation sites excluding steroid dienone is 6. The highest BCUT2D eigenvalue weighted by Crippen LogP contribution is 2.13. The molecule has 0 radical (unpaired) electrons. The smallest absolute Gasteiger partial charge is 0.249 e. The number of carbonyl (C=O) groups is 1. The number of carbonyl (C=O) groups excluding carboxylic acids is 1. The molecule has 6 nitrogen and oxygen atoms in total. The van der Waals surface area contributed by atoms with Crippen LogP contribution < -0.4 is 5.32 Å². The van der Waals surface area contributed by atoms with Crippen molar-refractivity contribution in [1.82, 2.24) is 5.32 Å². The lowest BCUT2D eigenvalue weighted by Crippen LogP contribution is -2.53. The number of rotatable bonds is 35. The predicted molar refractivity (Wildman–Crippen MR) is 200 cm³/mol. The lowest BCUT2D eigenvalue weighted by Gasteiger charge is -2.27. The van der Waals surface area contributed by atoms with E-state index in [0.717, 1.165) is 51.4 Å². The minimum atomic E-state index is -1.29. The van der Waals surface area contributed by atoms with Gasteiger partial charge in [0.2, 0.25) is 5.91 Å². The fourth-order valence-electron chi connectivity index (χ4n) is 5.82. The quantitative estimate of drug-likeness (QED) is 0.0343. The van der Waals surface area contributed by atoms with Crippen molar-refractivity contribution in [2.75, 3.05) is 6.61 Å². The van der Waals surface area contributed by atoms with Crippen LogP contribution in [-0.4, -0.2) is 57.3 Å². The highest BCUT2D eigenvalue weighted by Gasteiger charge is 2.28. The molecule has 0 heterocycles. The summed E-state index contributed by atoms with van der Waals surface area (Å²) in [5, 5.41) is 43.5. The van der Waals surface area contributed by atoms with Crippen LogP contribution in [0.15, 0.2) is 36.5 Å². The monoisotopic (exact) mass is 664 g/mol. The van der Waals surface area contributed by atoms with Crippen molar-refractivity contribution in [2.45, 2.75) is 212 Å². The average molecular weight is 664 g/mol. The van der Waals surface area contributed by atoms with E-state index in [1.165, 1.54) is 103 Å².